The molecule has 8 heteroatoms. The summed E-state index contributed by atoms with van der Waals surface area (Å²) in [6.07, 6.45) is 0. The molecule has 0 unspecified atom stereocenters. The Morgan fingerprint density at radius 2 is 1.06 bits per heavy atom. The average molecular weight is 647 g/mol. The van der Waals surface area contributed by atoms with Gasteiger partial charge in [0.05, 0.1) is 0 Å². The molecule has 34 heavy (non-hydrogen) atoms. The maximum atomic E-state index is 15.4. The monoisotopic (exact) mass is 648 g/mol. The van der Waals surface area contributed by atoms with E-state index >= 15 is 8.78 Å². The van der Waals surface area contributed by atoms with Crippen molar-refractivity contribution in [2.45, 2.75) is 0 Å². The third-order valence-corrected chi connectivity index (χ3v) is 15.8. The number of rotatable bonds is 2. The zero-order chi connectivity index (χ0) is 22.6. The van der Waals surface area contributed by atoms with Crippen LogP contribution in [0.5, 0.6) is 0 Å². The zero-order valence-electron chi connectivity index (χ0n) is 17.0. The van der Waals surface area contributed by atoms with E-state index in [0.29, 0.717) is 0 Å². The molecule has 6 heterocycles. The van der Waals surface area contributed by atoms with Gasteiger partial charge in [-0.2, -0.15) is 0 Å². The molecule has 0 amide bonds. The molecule has 0 saturated heterocycles. The predicted molar refractivity (Wildman–Crippen MR) is 150 cm³/mol. The van der Waals surface area contributed by atoms with Crippen molar-refractivity contribution < 1.29 is 8.78 Å². The molecule has 164 valence electrons. The molecule has 0 N–H and O–H groups in total. The number of hydrogen-bond donors (Lipinski definition) is 0. The van der Waals surface area contributed by atoms with Crippen LogP contribution in [0.3, 0.4) is 0 Å². The van der Waals surface area contributed by atoms with E-state index < -0.39 is 0 Å². The van der Waals surface area contributed by atoms with E-state index in [9.17, 15) is 0 Å². The van der Waals surface area contributed by atoms with Gasteiger partial charge in [-0.3, -0.25) is 0 Å². The Kier molecular flexibility index (Phi) is 4.51. The minimum absolute atomic E-state index is 0.0209. The first-order valence-corrected chi connectivity index (χ1v) is 17.2. The van der Waals surface area contributed by atoms with Gasteiger partial charge in [-0.05, 0) is 0 Å². The van der Waals surface area contributed by atoms with Gasteiger partial charge in [0.1, 0.15) is 0 Å². The van der Waals surface area contributed by atoms with Crippen molar-refractivity contribution >= 4 is 123 Å². The van der Waals surface area contributed by atoms with E-state index in [0.717, 1.165) is 48.7 Å². The number of thiophene rings is 4. The van der Waals surface area contributed by atoms with E-state index in [4.69, 9.17) is 0 Å². The fourth-order valence-electron chi connectivity index (χ4n) is 4.51. The third kappa shape index (κ3) is 2.83. The van der Waals surface area contributed by atoms with E-state index in [1.54, 1.807) is 45.3 Å². The van der Waals surface area contributed by atoms with Gasteiger partial charge in [-0.15, -0.1) is 0 Å². The third-order valence-electron chi connectivity index (χ3n) is 6.07. The molecule has 6 aromatic heterocycles. The molecule has 0 fully saturated rings. The van der Waals surface area contributed by atoms with E-state index in [1.807, 2.05) is 35.0 Å². The summed E-state index contributed by atoms with van der Waals surface area (Å²) in [4.78, 5) is 2.08. The summed E-state index contributed by atoms with van der Waals surface area (Å²) in [5, 5.41) is 7.78. The Balaban J connectivity index is 1.38. The molecule has 0 aliphatic heterocycles. The molecule has 0 radical (unpaired) electrons. The van der Waals surface area contributed by atoms with Crippen LogP contribution in [-0.4, -0.2) is 29.0 Å². The van der Waals surface area contributed by atoms with Crippen molar-refractivity contribution in [1.82, 2.24) is 0 Å². The summed E-state index contributed by atoms with van der Waals surface area (Å²) in [5.41, 5.74) is 0. The van der Waals surface area contributed by atoms with Crippen LogP contribution in [0.1, 0.15) is 0 Å². The SMILES string of the molecule is Fc1c(-c2cccs2)[se]c2cc3sc4c5cc6c(F)c(-c7cccs7)[se]c6cc5sc4c3cc12. The molecule has 0 aliphatic rings. The van der Waals surface area contributed by atoms with Crippen LogP contribution < -0.4 is 0 Å². The number of benzene rings is 2. The summed E-state index contributed by atoms with van der Waals surface area (Å²) in [5.74, 6) is -0.121. The van der Waals surface area contributed by atoms with Crippen LogP contribution in [-0.2, 0) is 0 Å². The summed E-state index contributed by atoms with van der Waals surface area (Å²) in [6, 6.07) is 16.5. The second-order valence-corrected chi connectivity index (χ2v) is 16.4. The Hall–Kier alpha value is -1.60. The summed E-state index contributed by atoms with van der Waals surface area (Å²) in [7, 11) is 0. The minimum atomic E-state index is -0.0604. The van der Waals surface area contributed by atoms with Crippen LogP contribution in [0.15, 0.2) is 59.3 Å². The van der Waals surface area contributed by atoms with E-state index in [1.165, 1.54) is 18.8 Å². The zero-order valence-corrected chi connectivity index (χ0v) is 23.7. The summed E-state index contributed by atoms with van der Waals surface area (Å²) >= 11 is 6.69. The van der Waals surface area contributed by atoms with Gasteiger partial charge in [0.25, 0.3) is 0 Å². The predicted octanol–water partition coefficient (Wildman–Crippen LogP) is 9.42. The standard InChI is InChI=1S/C26H10F2S4Se2/c27-21-13-7-11-17(9-19(13)33-25(21)15-3-1-5-29-15)31-24-12-8-14-20(10-18(12)32-23(11)24)34-26(22(14)28)16-4-2-6-30-16/h1-10H. The van der Waals surface area contributed by atoms with Crippen LogP contribution >= 0.6 is 45.3 Å². The fourth-order valence-corrected chi connectivity index (χ4v) is 14.2. The Morgan fingerprint density at radius 3 is 1.47 bits per heavy atom. The molecular formula is C26H10F2S4Se2. The molecule has 0 aliphatic carbocycles. The van der Waals surface area contributed by atoms with Crippen molar-refractivity contribution in [3.63, 3.8) is 0 Å². The normalized spacial score (nSPS) is 12.4. The first-order valence-electron chi connectivity index (χ1n) is 10.4. The molecule has 2 aromatic carbocycles. The Morgan fingerprint density at radius 1 is 0.588 bits per heavy atom. The van der Waals surface area contributed by atoms with Crippen molar-refractivity contribution in [1.29, 1.82) is 0 Å². The molecular weight excluding hydrogens is 636 g/mol. The summed E-state index contributed by atoms with van der Waals surface area (Å²) in [6.45, 7) is 0. The Bertz CT molecular complexity index is 1880. The van der Waals surface area contributed by atoms with Crippen LogP contribution in [0.4, 0.5) is 8.78 Å². The maximum absolute atomic E-state index is 15.4. The van der Waals surface area contributed by atoms with Gasteiger partial charge in [0.2, 0.25) is 0 Å². The second kappa shape index (κ2) is 7.45. The van der Waals surface area contributed by atoms with Crippen molar-refractivity contribution in [3.8, 4) is 18.6 Å². The molecule has 0 spiro atoms. The van der Waals surface area contributed by atoms with E-state index in [2.05, 4.69) is 24.3 Å². The molecule has 8 rings (SSSR count). The molecule has 0 atom stereocenters. The first-order chi connectivity index (χ1) is 16.7. The first kappa shape index (κ1) is 20.6. The average Bonchev–Trinajstić information content (AvgIpc) is 3.66. The number of hydrogen-bond acceptors (Lipinski definition) is 4. The van der Waals surface area contributed by atoms with Crippen molar-refractivity contribution in [2.75, 3.05) is 0 Å². The van der Waals surface area contributed by atoms with Crippen LogP contribution in [0, 0.1) is 11.6 Å². The molecule has 0 saturated carbocycles. The quantitative estimate of drug-likeness (QED) is 0.164. The number of fused-ring (bicyclic) bond motifs is 7. The van der Waals surface area contributed by atoms with Crippen molar-refractivity contribution in [2.24, 2.45) is 0 Å². The molecule has 8 aromatic rings. The van der Waals surface area contributed by atoms with Gasteiger partial charge >= 0.3 is 222 Å². The summed E-state index contributed by atoms with van der Waals surface area (Å²) < 4.78 is 39.6. The molecule has 0 nitrogen and oxygen atoms in total. The topological polar surface area (TPSA) is 0 Å². The molecule has 0 bridgehead atoms. The Labute approximate surface area is 219 Å². The van der Waals surface area contributed by atoms with Crippen molar-refractivity contribution in [3.05, 3.63) is 70.9 Å². The van der Waals surface area contributed by atoms with Gasteiger partial charge < -0.3 is 0 Å². The van der Waals surface area contributed by atoms with E-state index in [-0.39, 0.29) is 40.6 Å². The van der Waals surface area contributed by atoms with Gasteiger partial charge in [0.15, 0.2) is 0 Å². The van der Waals surface area contributed by atoms with Gasteiger partial charge in [0, 0.05) is 0 Å². The van der Waals surface area contributed by atoms with Crippen LogP contribution in [0.25, 0.3) is 67.5 Å². The van der Waals surface area contributed by atoms with Gasteiger partial charge in [-0.25, -0.2) is 0 Å². The second-order valence-electron chi connectivity index (χ2n) is 8.00. The van der Waals surface area contributed by atoms with Gasteiger partial charge in [-0.1, -0.05) is 0 Å². The number of halogens is 2. The fraction of sp³-hybridized carbons (Fsp3) is 0. The van der Waals surface area contributed by atoms with Crippen LogP contribution in [0.2, 0.25) is 0 Å².